The summed E-state index contributed by atoms with van der Waals surface area (Å²) in [6.45, 7) is 1.02. The molecule has 0 radical (unpaired) electrons. The predicted molar refractivity (Wildman–Crippen MR) is 69.6 cm³/mol. The molecular formula is C11H14BrClN2O. The van der Waals surface area contributed by atoms with Crippen LogP contribution in [0.5, 0.6) is 0 Å². The molecule has 0 aromatic heterocycles. The van der Waals surface area contributed by atoms with Crippen LogP contribution in [-0.2, 0) is 11.3 Å². The fraction of sp³-hybridized carbons (Fsp3) is 0.364. The SMILES string of the molecule is CNC(=O)CN(C)Cc1ccc(Br)cc1Cl. The number of hydrogen-bond donors (Lipinski definition) is 1. The predicted octanol–water partition coefficient (Wildman–Crippen LogP) is 2.28. The molecule has 0 spiro atoms. The van der Waals surface area contributed by atoms with Gasteiger partial charge in [-0.2, -0.15) is 0 Å². The van der Waals surface area contributed by atoms with Crippen LogP contribution in [0.2, 0.25) is 5.02 Å². The van der Waals surface area contributed by atoms with Crippen molar-refractivity contribution in [1.82, 2.24) is 10.2 Å². The zero-order valence-electron chi connectivity index (χ0n) is 9.26. The van der Waals surface area contributed by atoms with Crippen molar-refractivity contribution in [1.29, 1.82) is 0 Å². The van der Waals surface area contributed by atoms with E-state index in [1.165, 1.54) is 0 Å². The summed E-state index contributed by atoms with van der Waals surface area (Å²) in [5.74, 6) is -0.00395. The molecule has 0 saturated heterocycles. The van der Waals surface area contributed by atoms with Crippen molar-refractivity contribution < 1.29 is 4.79 Å². The second-order valence-corrected chi connectivity index (χ2v) is 4.90. The maximum absolute atomic E-state index is 11.2. The third kappa shape index (κ3) is 4.12. The lowest BCUT2D eigenvalue weighted by Gasteiger charge is -2.16. The molecule has 0 aliphatic rings. The first kappa shape index (κ1) is 13.5. The molecule has 5 heteroatoms. The number of carbonyl (C=O) groups excluding carboxylic acids is 1. The number of likely N-dealkylation sites (N-methyl/N-ethyl adjacent to an activating group) is 2. The van der Waals surface area contributed by atoms with E-state index >= 15 is 0 Å². The van der Waals surface area contributed by atoms with Gasteiger partial charge in [0.1, 0.15) is 0 Å². The lowest BCUT2D eigenvalue weighted by molar-refractivity contribution is -0.121. The fourth-order valence-electron chi connectivity index (χ4n) is 1.32. The quantitative estimate of drug-likeness (QED) is 0.925. The number of halogens is 2. The van der Waals surface area contributed by atoms with Gasteiger partial charge in [-0.05, 0) is 24.7 Å². The third-order valence-corrected chi connectivity index (χ3v) is 2.99. The lowest BCUT2D eigenvalue weighted by Crippen LogP contribution is -2.32. The molecule has 1 aromatic carbocycles. The van der Waals surface area contributed by atoms with Crippen LogP contribution in [0.1, 0.15) is 5.56 Å². The highest BCUT2D eigenvalue weighted by atomic mass is 79.9. The zero-order chi connectivity index (χ0) is 12.1. The van der Waals surface area contributed by atoms with E-state index < -0.39 is 0 Å². The van der Waals surface area contributed by atoms with Crippen molar-refractivity contribution in [3.63, 3.8) is 0 Å². The normalized spacial score (nSPS) is 10.6. The van der Waals surface area contributed by atoms with Crippen molar-refractivity contribution in [2.45, 2.75) is 6.54 Å². The van der Waals surface area contributed by atoms with E-state index in [0.717, 1.165) is 10.0 Å². The van der Waals surface area contributed by atoms with E-state index in [1.54, 1.807) is 7.05 Å². The average molecular weight is 306 g/mol. The second kappa shape index (κ2) is 6.23. The highest BCUT2D eigenvalue weighted by Gasteiger charge is 2.07. The third-order valence-electron chi connectivity index (χ3n) is 2.15. The molecule has 0 aliphatic carbocycles. The summed E-state index contributed by atoms with van der Waals surface area (Å²) in [4.78, 5) is 13.1. The topological polar surface area (TPSA) is 32.3 Å². The first-order valence-corrected chi connectivity index (χ1v) is 6.03. The molecule has 0 heterocycles. The highest BCUT2D eigenvalue weighted by molar-refractivity contribution is 9.10. The van der Waals surface area contributed by atoms with E-state index in [0.29, 0.717) is 18.1 Å². The number of nitrogens with zero attached hydrogens (tertiary/aromatic N) is 1. The number of benzene rings is 1. The Hall–Kier alpha value is -0.580. The monoisotopic (exact) mass is 304 g/mol. The molecule has 0 fully saturated rings. The summed E-state index contributed by atoms with van der Waals surface area (Å²) in [6, 6.07) is 5.74. The minimum atomic E-state index is -0.00395. The Morgan fingerprint density at radius 2 is 2.25 bits per heavy atom. The smallest absolute Gasteiger partial charge is 0.233 e. The molecule has 16 heavy (non-hydrogen) atoms. The Kier molecular flexibility index (Phi) is 5.25. The van der Waals surface area contributed by atoms with E-state index in [2.05, 4.69) is 21.2 Å². The van der Waals surface area contributed by atoms with Gasteiger partial charge in [0.25, 0.3) is 0 Å². The van der Waals surface area contributed by atoms with Crippen molar-refractivity contribution in [3.05, 3.63) is 33.3 Å². The standard InChI is InChI=1S/C11H14BrClN2O/c1-14-11(16)7-15(2)6-8-3-4-9(12)5-10(8)13/h3-5H,6-7H2,1-2H3,(H,14,16). The van der Waals surface area contributed by atoms with Gasteiger partial charge < -0.3 is 5.32 Å². The Bertz CT molecular complexity index is 384. The van der Waals surface area contributed by atoms with E-state index in [9.17, 15) is 4.79 Å². The summed E-state index contributed by atoms with van der Waals surface area (Å²) in [7, 11) is 3.51. The van der Waals surface area contributed by atoms with Gasteiger partial charge in [0, 0.05) is 23.1 Å². The molecule has 0 atom stereocenters. The summed E-state index contributed by atoms with van der Waals surface area (Å²) in [5, 5.41) is 3.29. The van der Waals surface area contributed by atoms with Gasteiger partial charge in [-0.3, -0.25) is 9.69 Å². The fourth-order valence-corrected chi connectivity index (χ4v) is 2.05. The lowest BCUT2D eigenvalue weighted by atomic mass is 10.2. The molecule has 1 N–H and O–H groups in total. The van der Waals surface area contributed by atoms with Crippen LogP contribution < -0.4 is 5.32 Å². The van der Waals surface area contributed by atoms with Crippen LogP contribution in [0.15, 0.2) is 22.7 Å². The summed E-state index contributed by atoms with van der Waals surface area (Å²) in [6.07, 6.45) is 0. The molecule has 3 nitrogen and oxygen atoms in total. The first-order valence-electron chi connectivity index (χ1n) is 4.86. The van der Waals surface area contributed by atoms with Crippen molar-refractivity contribution in [3.8, 4) is 0 Å². The Balaban J connectivity index is 2.62. The zero-order valence-corrected chi connectivity index (χ0v) is 11.6. The summed E-state index contributed by atoms with van der Waals surface area (Å²) < 4.78 is 0.954. The van der Waals surface area contributed by atoms with Crippen LogP contribution in [0, 0.1) is 0 Å². The van der Waals surface area contributed by atoms with Gasteiger partial charge in [0.2, 0.25) is 5.91 Å². The van der Waals surface area contributed by atoms with Crippen LogP contribution in [0.25, 0.3) is 0 Å². The minimum absolute atomic E-state index is 0.00395. The molecule has 0 unspecified atom stereocenters. The van der Waals surface area contributed by atoms with Crippen molar-refractivity contribution in [2.24, 2.45) is 0 Å². The largest absolute Gasteiger partial charge is 0.358 e. The molecule has 1 rings (SSSR count). The Labute approximate surface area is 109 Å². The molecule has 88 valence electrons. The highest BCUT2D eigenvalue weighted by Crippen LogP contribution is 2.22. The molecule has 1 aromatic rings. The number of hydrogen-bond acceptors (Lipinski definition) is 2. The van der Waals surface area contributed by atoms with Gasteiger partial charge >= 0.3 is 0 Å². The van der Waals surface area contributed by atoms with Crippen LogP contribution >= 0.6 is 27.5 Å². The number of rotatable bonds is 4. The number of nitrogens with one attached hydrogen (secondary N) is 1. The van der Waals surface area contributed by atoms with Crippen molar-refractivity contribution in [2.75, 3.05) is 20.6 Å². The van der Waals surface area contributed by atoms with Gasteiger partial charge in [-0.15, -0.1) is 0 Å². The maximum atomic E-state index is 11.2. The van der Waals surface area contributed by atoms with E-state index in [-0.39, 0.29) is 5.91 Å². The Morgan fingerprint density at radius 1 is 1.56 bits per heavy atom. The minimum Gasteiger partial charge on any atom is -0.358 e. The molecular weight excluding hydrogens is 291 g/mol. The Morgan fingerprint density at radius 3 is 2.81 bits per heavy atom. The summed E-state index contributed by atoms with van der Waals surface area (Å²) >= 11 is 9.44. The summed E-state index contributed by atoms with van der Waals surface area (Å²) in [5.41, 5.74) is 1.01. The van der Waals surface area contributed by atoms with E-state index in [4.69, 9.17) is 11.6 Å². The first-order chi connectivity index (χ1) is 7.52. The van der Waals surface area contributed by atoms with Crippen molar-refractivity contribution >= 4 is 33.4 Å². The molecule has 0 aliphatic heterocycles. The number of amides is 1. The van der Waals surface area contributed by atoms with Gasteiger partial charge in [0.15, 0.2) is 0 Å². The second-order valence-electron chi connectivity index (χ2n) is 3.58. The maximum Gasteiger partial charge on any atom is 0.233 e. The van der Waals surface area contributed by atoms with Gasteiger partial charge in [-0.1, -0.05) is 33.6 Å². The molecule has 0 saturated carbocycles. The molecule has 0 bridgehead atoms. The van der Waals surface area contributed by atoms with Crippen LogP contribution in [0.3, 0.4) is 0 Å². The van der Waals surface area contributed by atoms with Gasteiger partial charge in [-0.25, -0.2) is 0 Å². The number of carbonyl (C=O) groups is 1. The average Bonchev–Trinajstić information content (AvgIpc) is 2.22. The van der Waals surface area contributed by atoms with E-state index in [1.807, 2.05) is 30.1 Å². The molecule has 1 amide bonds. The van der Waals surface area contributed by atoms with Gasteiger partial charge in [0.05, 0.1) is 6.54 Å². The van der Waals surface area contributed by atoms with Crippen LogP contribution in [-0.4, -0.2) is 31.4 Å². The van der Waals surface area contributed by atoms with Crippen LogP contribution in [0.4, 0.5) is 0 Å².